The molecule has 96 valence electrons. The van der Waals surface area contributed by atoms with Crippen molar-refractivity contribution in [2.45, 2.75) is 19.6 Å². The number of nitrogens with zero attached hydrogens (tertiary/aromatic N) is 2. The summed E-state index contributed by atoms with van der Waals surface area (Å²) in [7, 11) is 4.10. The van der Waals surface area contributed by atoms with E-state index in [4.69, 9.17) is 0 Å². The Balaban J connectivity index is 1.93. The Morgan fingerprint density at radius 2 is 2.11 bits per heavy atom. The second-order valence-corrected chi connectivity index (χ2v) is 5.22. The van der Waals surface area contributed by atoms with E-state index < -0.39 is 0 Å². The van der Waals surface area contributed by atoms with Gasteiger partial charge in [-0.25, -0.2) is 4.98 Å². The lowest BCUT2D eigenvalue weighted by Crippen LogP contribution is -2.17. The van der Waals surface area contributed by atoms with E-state index in [1.807, 2.05) is 12.6 Å². The molecule has 18 heavy (non-hydrogen) atoms. The summed E-state index contributed by atoms with van der Waals surface area (Å²) in [5.41, 5.74) is 5.71. The summed E-state index contributed by atoms with van der Waals surface area (Å²) in [6.45, 7) is 2.78. The molecule has 2 rings (SSSR count). The van der Waals surface area contributed by atoms with Gasteiger partial charge >= 0.3 is 0 Å². The highest BCUT2D eigenvalue weighted by Crippen LogP contribution is 2.10. The van der Waals surface area contributed by atoms with Gasteiger partial charge in [0.1, 0.15) is 0 Å². The van der Waals surface area contributed by atoms with Crippen LogP contribution < -0.4 is 5.32 Å². The van der Waals surface area contributed by atoms with Crippen LogP contribution in [0.1, 0.15) is 16.8 Å². The minimum atomic E-state index is 0.903. The van der Waals surface area contributed by atoms with E-state index in [-0.39, 0.29) is 0 Å². The zero-order valence-electron chi connectivity index (χ0n) is 10.9. The lowest BCUT2D eigenvalue weighted by atomic mass is 10.1. The van der Waals surface area contributed by atoms with Crippen molar-refractivity contribution in [3.05, 3.63) is 52.0 Å². The highest BCUT2D eigenvalue weighted by molar-refractivity contribution is 7.07. The fourth-order valence-corrected chi connectivity index (χ4v) is 2.55. The Bertz CT molecular complexity index is 468. The maximum Gasteiger partial charge on any atom is 0.0795 e. The first-order valence-corrected chi connectivity index (χ1v) is 7.00. The summed E-state index contributed by atoms with van der Waals surface area (Å²) in [5, 5.41) is 5.28. The fourth-order valence-electron chi connectivity index (χ4n) is 2.00. The predicted molar refractivity (Wildman–Crippen MR) is 76.5 cm³/mol. The minimum absolute atomic E-state index is 0.903. The Kier molecular flexibility index (Phi) is 4.87. The molecule has 0 fully saturated rings. The summed E-state index contributed by atoms with van der Waals surface area (Å²) < 4.78 is 0. The number of nitrogens with one attached hydrogen (secondary N) is 1. The van der Waals surface area contributed by atoms with E-state index in [1.54, 1.807) is 11.3 Å². The van der Waals surface area contributed by atoms with E-state index in [0.29, 0.717) is 0 Å². The summed E-state index contributed by atoms with van der Waals surface area (Å²) in [4.78, 5) is 6.60. The first kappa shape index (κ1) is 13.2. The third-order valence-corrected chi connectivity index (χ3v) is 3.38. The SMILES string of the molecule is CNCc1cccc(CN(C)Cc2cscn2)c1. The van der Waals surface area contributed by atoms with Gasteiger partial charge in [0, 0.05) is 25.0 Å². The van der Waals surface area contributed by atoms with Gasteiger partial charge < -0.3 is 5.32 Å². The normalized spacial score (nSPS) is 11.1. The first-order chi connectivity index (χ1) is 8.78. The number of hydrogen-bond donors (Lipinski definition) is 1. The molecule has 3 nitrogen and oxygen atoms in total. The molecular weight excluding hydrogens is 242 g/mol. The van der Waals surface area contributed by atoms with Crippen LogP contribution in [0.2, 0.25) is 0 Å². The van der Waals surface area contributed by atoms with Crippen molar-refractivity contribution in [2.75, 3.05) is 14.1 Å². The highest BCUT2D eigenvalue weighted by atomic mass is 32.1. The average molecular weight is 261 g/mol. The lowest BCUT2D eigenvalue weighted by molar-refractivity contribution is 0.315. The molecule has 0 saturated heterocycles. The smallest absolute Gasteiger partial charge is 0.0795 e. The zero-order chi connectivity index (χ0) is 12.8. The Labute approximate surface area is 112 Å². The molecule has 0 amide bonds. The molecule has 1 heterocycles. The van der Waals surface area contributed by atoms with Crippen molar-refractivity contribution in [3.8, 4) is 0 Å². The van der Waals surface area contributed by atoms with E-state index in [0.717, 1.165) is 25.3 Å². The number of thiazole rings is 1. The molecule has 0 saturated carbocycles. The quantitative estimate of drug-likeness (QED) is 0.866. The van der Waals surface area contributed by atoms with Crippen LogP contribution in [0.15, 0.2) is 35.2 Å². The van der Waals surface area contributed by atoms with Gasteiger partial charge in [0.05, 0.1) is 11.2 Å². The van der Waals surface area contributed by atoms with Crippen molar-refractivity contribution >= 4 is 11.3 Å². The molecule has 1 N–H and O–H groups in total. The number of hydrogen-bond acceptors (Lipinski definition) is 4. The van der Waals surface area contributed by atoms with Gasteiger partial charge in [0.15, 0.2) is 0 Å². The van der Waals surface area contributed by atoms with Crippen LogP contribution in [0.3, 0.4) is 0 Å². The van der Waals surface area contributed by atoms with Crippen molar-refractivity contribution in [1.82, 2.24) is 15.2 Å². The molecular formula is C14H19N3S. The first-order valence-electron chi connectivity index (χ1n) is 6.06. The van der Waals surface area contributed by atoms with E-state index in [1.165, 1.54) is 11.1 Å². The van der Waals surface area contributed by atoms with Crippen LogP contribution >= 0.6 is 11.3 Å². The second-order valence-electron chi connectivity index (χ2n) is 4.50. The Morgan fingerprint density at radius 1 is 1.28 bits per heavy atom. The molecule has 0 atom stereocenters. The monoisotopic (exact) mass is 261 g/mol. The van der Waals surface area contributed by atoms with Gasteiger partial charge in [-0.15, -0.1) is 11.3 Å². The Morgan fingerprint density at radius 3 is 2.83 bits per heavy atom. The van der Waals surface area contributed by atoms with E-state index >= 15 is 0 Å². The number of benzene rings is 1. The summed E-state index contributed by atoms with van der Waals surface area (Å²) in [6.07, 6.45) is 0. The van der Waals surface area contributed by atoms with Crippen LogP contribution in [-0.4, -0.2) is 24.0 Å². The minimum Gasteiger partial charge on any atom is -0.316 e. The predicted octanol–water partition coefficient (Wildman–Crippen LogP) is 2.49. The van der Waals surface area contributed by atoms with Gasteiger partial charge in [0.25, 0.3) is 0 Å². The van der Waals surface area contributed by atoms with Crippen molar-refractivity contribution in [2.24, 2.45) is 0 Å². The number of rotatable bonds is 6. The Hall–Kier alpha value is -1.23. The van der Waals surface area contributed by atoms with Gasteiger partial charge in [0.2, 0.25) is 0 Å². The third kappa shape index (κ3) is 3.91. The zero-order valence-corrected chi connectivity index (χ0v) is 11.7. The lowest BCUT2D eigenvalue weighted by Gasteiger charge is -2.16. The molecule has 0 unspecified atom stereocenters. The summed E-state index contributed by atoms with van der Waals surface area (Å²) >= 11 is 1.65. The molecule has 0 aliphatic carbocycles. The van der Waals surface area contributed by atoms with E-state index in [9.17, 15) is 0 Å². The second kappa shape index (κ2) is 6.64. The summed E-state index contributed by atoms with van der Waals surface area (Å²) in [6, 6.07) is 8.71. The van der Waals surface area contributed by atoms with Crippen LogP contribution in [-0.2, 0) is 19.6 Å². The third-order valence-electron chi connectivity index (χ3n) is 2.74. The van der Waals surface area contributed by atoms with Gasteiger partial charge in [-0.1, -0.05) is 24.3 Å². The van der Waals surface area contributed by atoms with Crippen LogP contribution in [0, 0.1) is 0 Å². The van der Waals surface area contributed by atoms with Crippen LogP contribution in [0.25, 0.3) is 0 Å². The molecule has 0 radical (unpaired) electrons. The molecule has 1 aromatic carbocycles. The van der Waals surface area contributed by atoms with Gasteiger partial charge in [-0.2, -0.15) is 0 Å². The molecule has 1 aromatic heterocycles. The summed E-state index contributed by atoms with van der Waals surface area (Å²) in [5.74, 6) is 0. The molecule has 4 heteroatoms. The van der Waals surface area contributed by atoms with Crippen molar-refractivity contribution in [1.29, 1.82) is 0 Å². The molecule has 2 aromatic rings. The average Bonchev–Trinajstić information content (AvgIpc) is 2.82. The fraction of sp³-hybridized carbons (Fsp3) is 0.357. The molecule has 0 aliphatic heterocycles. The van der Waals surface area contributed by atoms with Crippen molar-refractivity contribution < 1.29 is 0 Å². The molecule has 0 aliphatic rings. The largest absolute Gasteiger partial charge is 0.316 e. The highest BCUT2D eigenvalue weighted by Gasteiger charge is 2.03. The topological polar surface area (TPSA) is 28.2 Å². The molecule has 0 spiro atoms. The van der Waals surface area contributed by atoms with E-state index in [2.05, 4.69) is 51.9 Å². The van der Waals surface area contributed by atoms with Gasteiger partial charge in [-0.3, -0.25) is 4.90 Å². The van der Waals surface area contributed by atoms with Gasteiger partial charge in [-0.05, 0) is 25.2 Å². The number of aromatic nitrogens is 1. The maximum absolute atomic E-state index is 4.31. The van der Waals surface area contributed by atoms with Crippen LogP contribution in [0.5, 0.6) is 0 Å². The molecule has 0 bridgehead atoms. The van der Waals surface area contributed by atoms with Crippen LogP contribution in [0.4, 0.5) is 0 Å². The standard InChI is InChI=1S/C14H19N3S/c1-15-7-12-4-3-5-13(6-12)8-17(2)9-14-10-18-11-16-14/h3-6,10-11,15H,7-9H2,1-2H3. The van der Waals surface area contributed by atoms with Crippen molar-refractivity contribution in [3.63, 3.8) is 0 Å². The maximum atomic E-state index is 4.31.